The van der Waals surface area contributed by atoms with Crippen molar-refractivity contribution in [3.63, 3.8) is 0 Å². The molecule has 0 fully saturated rings. The number of aliphatic hydroxyl groups excluding tert-OH is 1. The Balaban J connectivity index is 2.17. The Hall–Kier alpha value is -2.53. The van der Waals surface area contributed by atoms with Crippen molar-refractivity contribution in [1.82, 2.24) is 5.16 Å². The summed E-state index contributed by atoms with van der Waals surface area (Å²) in [4.78, 5) is 0. The van der Waals surface area contributed by atoms with Crippen molar-refractivity contribution in [1.29, 1.82) is 0 Å². The fourth-order valence-corrected chi connectivity index (χ4v) is 2.16. The van der Waals surface area contributed by atoms with Crippen molar-refractivity contribution in [2.24, 2.45) is 0 Å². The predicted molar refractivity (Wildman–Crippen MR) is 73.2 cm³/mol. The molecule has 0 aliphatic rings. The van der Waals surface area contributed by atoms with Crippen molar-refractivity contribution in [2.45, 2.75) is 6.61 Å². The molecule has 3 aromatic rings. The van der Waals surface area contributed by atoms with E-state index >= 15 is 0 Å². The number of aromatic nitrogens is 1. The summed E-state index contributed by atoms with van der Waals surface area (Å²) in [5, 5.41) is 13.4. The highest BCUT2D eigenvalue weighted by atomic mass is 19.1. The normalized spacial score (nSPS) is 10.8. The number of rotatable bonds is 3. The van der Waals surface area contributed by atoms with E-state index in [1.54, 1.807) is 12.1 Å². The second-order valence-electron chi connectivity index (χ2n) is 4.49. The Kier molecular flexibility index (Phi) is 3.50. The van der Waals surface area contributed by atoms with Gasteiger partial charge >= 0.3 is 0 Å². The van der Waals surface area contributed by atoms with Gasteiger partial charge in [-0.05, 0) is 18.2 Å². The molecule has 0 unspecified atom stereocenters. The molecule has 0 saturated heterocycles. The highest BCUT2D eigenvalue weighted by Gasteiger charge is 2.21. The Morgan fingerprint density at radius 1 is 1.05 bits per heavy atom. The molecular weight excluding hydrogens is 276 g/mol. The minimum Gasteiger partial charge on any atom is -0.391 e. The van der Waals surface area contributed by atoms with Crippen LogP contribution in [0.2, 0.25) is 0 Å². The van der Waals surface area contributed by atoms with Crippen LogP contribution in [0.5, 0.6) is 0 Å². The zero-order valence-electron chi connectivity index (χ0n) is 10.9. The third-order valence-electron chi connectivity index (χ3n) is 3.17. The standard InChI is InChI=1S/C16H11F2NO2/c17-11-6-7-14(18)12(8-11)16-13(9-20)15(19-21-16)10-4-2-1-3-5-10/h1-8,20H,9H2. The molecule has 21 heavy (non-hydrogen) atoms. The van der Waals surface area contributed by atoms with Crippen LogP contribution in [0.15, 0.2) is 53.1 Å². The molecule has 3 nitrogen and oxygen atoms in total. The zero-order chi connectivity index (χ0) is 14.8. The van der Waals surface area contributed by atoms with Crippen LogP contribution in [0.3, 0.4) is 0 Å². The molecule has 2 aromatic carbocycles. The molecule has 0 aliphatic carbocycles. The maximum atomic E-state index is 13.8. The van der Waals surface area contributed by atoms with Crippen LogP contribution in [0.4, 0.5) is 8.78 Å². The van der Waals surface area contributed by atoms with Crippen LogP contribution in [0.25, 0.3) is 22.6 Å². The molecular formula is C16H11F2NO2. The topological polar surface area (TPSA) is 46.3 Å². The summed E-state index contributed by atoms with van der Waals surface area (Å²) < 4.78 is 32.3. The lowest BCUT2D eigenvalue weighted by Crippen LogP contribution is -1.91. The molecule has 1 aromatic heterocycles. The van der Waals surface area contributed by atoms with E-state index in [1.807, 2.05) is 18.2 Å². The lowest BCUT2D eigenvalue weighted by molar-refractivity contribution is 0.281. The molecule has 0 bridgehead atoms. The van der Waals surface area contributed by atoms with Crippen molar-refractivity contribution in [3.05, 3.63) is 65.7 Å². The van der Waals surface area contributed by atoms with Gasteiger partial charge in [0.15, 0.2) is 5.76 Å². The van der Waals surface area contributed by atoms with Crippen LogP contribution in [0, 0.1) is 11.6 Å². The first-order chi connectivity index (χ1) is 10.2. The van der Waals surface area contributed by atoms with Gasteiger partial charge < -0.3 is 9.63 Å². The number of benzene rings is 2. The Bertz CT molecular complexity index is 769. The van der Waals surface area contributed by atoms with Gasteiger partial charge in [-0.15, -0.1) is 0 Å². The van der Waals surface area contributed by atoms with Gasteiger partial charge in [-0.25, -0.2) is 8.78 Å². The quantitative estimate of drug-likeness (QED) is 0.797. The molecule has 0 aliphatic heterocycles. The van der Waals surface area contributed by atoms with E-state index in [2.05, 4.69) is 5.16 Å². The van der Waals surface area contributed by atoms with E-state index in [0.29, 0.717) is 11.3 Å². The van der Waals surface area contributed by atoms with Gasteiger partial charge in [-0.2, -0.15) is 0 Å². The summed E-state index contributed by atoms with van der Waals surface area (Å²) in [6, 6.07) is 12.1. The third kappa shape index (κ3) is 2.43. The lowest BCUT2D eigenvalue weighted by atomic mass is 10.0. The molecule has 0 spiro atoms. The summed E-state index contributed by atoms with van der Waals surface area (Å²) in [6.45, 7) is -0.390. The maximum absolute atomic E-state index is 13.8. The summed E-state index contributed by atoms with van der Waals surface area (Å²) in [5.74, 6) is -1.19. The molecule has 1 heterocycles. The molecule has 106 valence electrons. The smallest absolute Gasteiger partial charge is 0.176 e. The van der Waals surface area contributed by atoms with Crippen LogP contribution in [0.1, 0.15) is 5.56 Å². The van der Waals surface area contributed by atoms with E-state index in [-0.39, 0.29) is 17.9 Å². The van der Waals surface area contributed by atoms with Crippen molar-refractivity contribution < 1.29 is 18.4 Å². The summed E-state index contributed by atoms with van der Waals surface area (Å²) in [7, 11) is 0. The highest BCUT2D eigenvalue weighted by molar-refractivity contribution is 5.72. The van der Waals surface area contributed by atoms with E-state index in [0.717, 1.165) is 23.8 Å². The molecule has 1 N–H and O–H groups in total. The van der Waals surface area contributed by atoms with Crippen LogP contribution in [-0.4, -0.2) is 10.3 Å². The summed E-state index contributed by atoms with van der Waals surface area (Å²) in [5.41, 5.74) is 1.41. The molecule has 0 amide bonds. The van der Waals surface area contributed by atoms with Gasteiger partial charge in [0.2, 0.25) is 0 Å². The zero-order valence-corrected chi connectivity index (χ0v) is 10.9. The molecule has 0 atom stereocenters. The summed E-state index contributed by atoms with van der Waals surface area (Å²) in [6.07, 6.45) is 0. The lowest BCUT2D eigenvalue weighted by Gasteiger charge is -2.02. The van der Waals surface area contributed by atoms with E-state index in [1.165, 1.54) is 0 Å². The largest absolute Gasteiger partial charge is 0.391 e. The monoisotopic (exact) mass is 287 g/mol. The number of hydrogen-bond donors (Lipinski definition) is 1. The molecule has 5 heteroatoms. The first-order valence-electron chi connectivity index (χ1n) is 6.31. The fourth-order valence-electron chi connectivity index (χ4n) is 2.16. The van der Waals surface area contributed by atoms with Crippen molar-refractivity contribution in [3.8, 4) is 22.6 Å². The average Bonchev–Trinajstić information content (AvgIpc) is 2.94. The second-order valence-corrected chi connectivity index (χ2v) is 4.49. The highest BCUT2D eigenvalue weighted by Crippen LogP contribution is 2.33. The second kappa shape index (κ2) is 5.46. The first-order valence-corrected chi connectivity index (χ1v) is 6.31. The fraction of sp³-hybridized carbons (Fsp3) is 0.0625. The van der Waals surface area contributed by atoms with Gasteiger partial charge in [0, 0.05) is 5.56 Å². The number of nitrogens with zero attached hydrogens (tertiary/aromatic N) is 1. The Labute approximate surface area is 119 Å². The maximum Gasteiger partial charge on any atom is 0.176 e. The molecule has 0 saturated carbocycles. The van der Waals surface area contributed by atoms with Crippen molar-refractivity contribution >= 4 is 0 Å². The number of aliphatic hydroxyl groups is 1. The Morgan fingerprint density at radius 3 is 2.52 bits per heavy atom. The van der Waals surface area contributed by atoms with Crippen LogP contribution < -0.4 is 0 Å². The van der Waals surface area contributed by atoms with Gasteiger partial charge in [0.25, 0.3) is 0 Å². The van der Waals surface area contributed by atoms with E-state index in [4.69, 9.17) is 4.52 Å². The Morgan fingerprint density at radius 2 is 1.81 bits per heavy atom. The van der Waals surface area contributed by atoms with Gasteiger partial charge in [0.1, 0.15) is 17.3 Å². The van der Waals surface area contributed by atoms with Gasteiger partial charge in [-0.1, -0.05) is 35.5 Å². The minimum atomic E-state index is -0.637. The first kappa shape index (κ1) is 13.5. The number of hydrogen-bond acceptors (Lipinski definition) is 3. The van der Waals surface area contributed by atoms with Gasteiger partial charge in [0.05, 0.1) is 17.7 Å². The van der Waals surface area contributed by atoms with Crippen molar-refractivity contribution in [2.75, 3.05) is 0 Å². The van der Waals surface area contributed by atoms with Crippen LogP contribution in [-0.2, 0) is 6.61 Å². The minimum absolute atomic E-state index is 0.0355. The molecule has 3 rings (SSSR count). The third-order valence-corrected chi connectivity index (χ3v) is 3.17. The number of halogens is 2. The van der Waals surface area contributed by atoms with E-state index in [9.17, 15) is 13.9 Å². The SMILES string of the molecule is OCc1c(-c2ccccc2)noc1-c1cc(F)ccc1F. The predicted octanol–water partition coefficient (Wildman–Crippen LogP) is 3.78. The van der Waals surface area contributed by atoms with Crippen LogP contribution >= 0.6 is 0 Å². The average molecular weight is 287 g/mol. The van der Waals surface area contributed by atoms with E-state index < -0.39 is 11.6 Å². The summed E-state index contributed by atoms with van der Waals surface area (Å²) >= 11 is 0. The molecule has 0 radical (unpaired) electrons. The van der Waals surface area contributed by atoms with Gasteiger partial charge in [-0.3, -0.25) is 0 Å².